The quantitative estimate of drug-likeness (QED) is 0.756. The summed E-state index contributed by atoms with van der Waals surface area (Å²) < 4.78 is 5.71. The van der Waals surface area contributed by atoms with Crippen LogP contribution in [0.2, 0.25) is 0 Å². The summed E-state index contributed by atoms with van der Waals surface area (Å²) in [6.07, 6.45) is 4.91. The predicted molar refractivity (Wildman–Crippen MR) is 88.5 cm³/mol. The van der Waals surface area contributed by atoms with Crippen molar-refractivity contribution in [2.75, 3.05) is 5.32 Å². The number of nitrogens with zero attached hydrogens (tertiary/aromatic N) is 2. The summed E-state index contributed by atoms with van der Waals surface area (Å²) in [6, 6.07) is 14.4. The number of nitriles is 1. The molecule has 0 aliphatic carbocycles. The molecule has 0 aliphatic rings. The number of aromatic nitrogens is 2. The first-order valence-corrected chi connectivity index (χ1v) is 7.26. The van der Waals surface area contributed by atoms with Gasteiger partial charge in [-0.15, -0.1) is 0 Å². The van der Waals surface area contributed by atoms with Gasteiger partial charge in [-0.05, 0) is 35.9 Å². The third-order valence-electron chi connectivity index (χ3n) is 3.30. The van der Waals surface area contributed by atoms with Gasteiger partial charge in [0.15, 0.2) is 0 Å². The summed E-state index contributed by atoms with van der Waals surface area (Å²) in [4.78, 5) is 18.9. The van der Waals surface area contributed by atoms with Crippen LogP contribution in [0.5, 0.6) is 5.75 Å². The Morgan fingerprint density at radius 3 is 2.83 bits per heavy atom. The van der Waals surface area contributed by atoms with Crippen molar-refractivity contribution in [2.24, 2.45) is 0 Å². The molecule has 0 unspecified atom stereocenters. The number of hydrogen-bond donors (Lipinski definition) is 2. The number of hydrogen-bond acceptors (Lipinski definition) is 4. The van der Waals surface area contributed by atoms with Crippen molar-refractivity contribution >= 4 is 11.6 Å². The number of nitrogens with one attached hydrogen (secondary N) is 2. The van der Waals surface area contributed by atoms with Gasteiger partial charge in [0.1, 0.15) is 24.1 Å². The van der Waals surface area contributed by atoms with E-state index in [2.05, 4.69) is 15.3 Å². The lowest BCUT2D eigenvalue weighted by atomic mass is 10.2. The van der Waals surface area contributed by atoms with E-state index in [0.717, 1.165) is 5.56 Å². The molecule has 0 bridgehead atoms. The van der Waals surface area contributed by atoms with Crippen molar-refractivity contribution < 1.29 is 9.53 Å². The number of ether oxygens (including phenoxy) is 1. The Morgan fingerprint density at radius 1 is 1.25 bits per heavy atom. The summed E-state index contributed by atoms with van der Waals surface area (Å²) in [6.45, 7) is 0.419. The molecule has 2 heterocycles. The topological polar surface area (TPSA) is 90.8 Å². The van der Waals surface area contributed by atoms with Crippen molar-refractivity contribution in [3.05, 3.63) is 77.9 Å². The second kappa shape index (κ2) is 7.11. The molecule has 0 atom stereocenters. The number of H-pyrrole nitrogens is 1. The third kappa shape index (κ3) is 3.78. The molecular formula is C18H14N4O2. The van der Waals surface area contributed by atoms with E-state index in [1.807, 2.05) is 24.3 Å². The highest BCUT2D eigenvalue weighted by Gasteiger charge is 2.09. The summed E-state index contributed by atoms with van der Waals surface area (Å²) in [5, 5.41) is 11.6. The fraction of sp³-hybridized carbons (Fsp3) is 0.0556. The van der Waals surface area contributed by atoms with Crippen LogP contribution in [0.15, 0.2) is 61.1 Å². The molecule has 1 aromatic carbocycles. The van der Waals surface area contributed by atoms with Gasteiger partial charge in [-0.2, -0.15) is 5.26 Å². The lowest BCUT2D eigenvalue weighted by molar-refractivity contribution is 0.102. The summed E-state index contributed by atoms with van der Waals surface area (Å²) in [7, 11) is 0. The molecule has 0 saturated heterocycles. The average Bonchev–Trinajstić information content (AvgIpc) is 3.11. The molecule has 1 amide bonds. The van der Waals surface area contributed by atoms with Crippen LogP contribution in [0.25, 0.3) is 0 Å². The van der Waals surface area contributed by atoms with E-state index in [4.69, 9.17) is 10.00 Å². The zero-order valence-electron chi connectivity index (χ0n) is 12.7. The molecule has 3 aromatic rings. The zero-order valence-corrected chi connectivity index (χ0v) is 12.7. The van der Waals surface area contributed by atoms with Crippen molar-refractivity contribution in [1.29, 1.82) is 5.26 Å². The Hall–Kier alpha value is -3.59. The first-order valence-electron chi connectivity index (χ1n) is 7.26. The second-order valence-corrected chi connectivity index (χ2v) is 5.04. The van der Waals surface area contributed by atoms with Crippen LogP contribution >= 0.6 is 0 Å². The van der Waals surface area contributed by atoms with Crippen LogP contribution in [0, 0.1) is 11.3 Å². The number of aromatic amines is 1. The molecule has 0 spiro atoms. The minimum atomic E-state index is -0.317. The molecular weight excluding hydrogens is 304 g/mol. The maximum absolute atomic E-state index is 12.1. The molecule has 6 heteroatoms. The van der Waals surface area contributed by atoms with E-state index in [1.165, 1.54) is 12.3 Å². The Labute approximate surface area is 138 Å². The number of carbonyl (C=O) groups excluding carboxylic acids is 1. The first kappa shape index (κ1) is 15.3. The van der Waals surface area contributed by atoms with Gasteiger partial charge >= 0.3 is 0 Å². The SMILES string of the molecule is N#Cc1c[nH]c(C(=O)Nc2cccc(OCc3ccncc3)c2)c1. The van der Waals surface area contributed by atoms with Crippen LogP contribution in [0.3, 0.4) is 0 Å². The van der Waals surface area contributed by atoms with Crippen LogP contribution in [0.4, 0.5) is 5.69 Å². The predicted octanol–water partition coefficient (Wildman–Crippen LogP) is 3.11. The highest BCUT2D eigenvalue weighted by Crippen LogP contribution is 2.19. The monoisotopic (exact) mass is 318 g/mol. The molecule has 2 aromatic heterocycles. The van der Waals surface area contributed by atoms with E-state index in [-0.39, 0.29) is 5.91 Å². The van der Waals surface area contributed by atoms with Crippen LogP contribution in [0.1, 0.15) is 21.6 Å². The minimum absolute atomic E-state index is 0.317. The van der Waals surface area contributed by atoms with Crippen LogP contribution in [-0.4, -0.2) is 15.9 Å². The van der Waals surface area contributed by atoms with Crippen molar-refractivity contribution in [1.82, 2.24) is 9.97 Å². The Morgan fingerprint density at radius 2 is 2.08 bits per heavy atom. The molecule has 118 valence electrons. The van der Waals surface area contributed by atoms with Crippen LogP contribution < -0.4 is 10.1 Å². The third-order valence-corrected chi connectivity index (χ3v) is 3.30. The van der Waals surface area contributed by atoms with Gasteiger partial charge in [-0.3, -0.25) is 9.78 Å². The average molecular weight is 318 g/mol. The number of anilines is 1. The maximum Gasteiger partial charge on any atom is 0.272 e. The molecule has 0 radical (unpaired) electrons. The lowest BCUT2D eigenvalue weighted by Crippen LogP contribution is -2.12. The van der Waals surface area contributed by atoms with Crippen molar-refractivity contribution in [2.45, 2.75) is 6.61 Å². The maximum atomic E-state index is 12.1. The Bertz CT molecular complexity index is 881. The molecule has 3 rings (SSSR count). The molecule has 0 saturated carbocycles. The van der Waals surface area contributed by atoms with E-state index in [9.17, 15) is 4.79 Å². The van der Waals surface area contributed by atoms with Gasteiger partial charge in [0.2, 0.25) is 0 Å². The number of pyridine rings is 1. The Balaban J connectivity index is 1.64. The van der Waals surface area contributed by atoms with Gasteiger partial charge in [0.25, 0.3) is 5.91 Å². The number of rotatable bonds is 5. The summed E-state index contributed by atoms with van der Waals surface area (Å²) in [5.74, 6) is 0.330. The fourth-order valence-corrected chi connectivity index (χ4v) is 2.10. The highest BCUT2D eigenvalue weighted by molar-refractivity contribution is 6.03. The van der Waals surface area contributed by atoms with E-state index in [0.29, 0.717) is 29.3 Å². The van der Waals surface area contributed by atoms with Crippen molar-refractivity contribution in [3.63, 3.8) is 0 Å². The Kier molecular flexibility index (Phi) is 4.54. The molecule has 2 N–H and O–H groups in total. The first-order chi connectivity index (χ1) is 11.7. The van der Waals surface area contributed by atoms with E-state index >= 15 is 0 Å². The van der Waals surface area contributed by atoms with Gasteiger partial charge in [0.05, 0.1) is 5.56 Å². The van der Waals surface area contributed by atoms with E-state index in [1.54, 1.807) is 30.6 Å². The standard InChI is InChI=1S/C18H14N4O2/c19-10-14-8-17(21-11-14)18(23)22-15-2-1-3-16(9-15)24-12-13-4-6-20-7-5-13/h1-9,11,21H,12H2,(H,22,23). The minimum Gasteiger partial charge on any atom is -0.489 e. The fourth-order valence-electron chi connectivity index (χ4n) is 2.10. The molecule has 0 fully saturated rings. The molecule has 0 aliphatic heterocycles. The van der Waals surface area contributed by atoms with Gasteiger partial charge in [0, 0.05) is 30.3 Å². The van der Waals surface area contributed by atoms with Gasteiger partial charge in [-0.1, -0.05) is 6.07 Å². The number of amides is 1. The zero-order chi connectivity index (χ0) is 16.8. The molecule has 24 heavy (non-hydrogen) atoms. The summed E-state index contributed by atoms with van der Waals surface area (Å²) >= 11 is 0. The van der Waals surface area contributed by atoms with Gasteiger partial charge < -0.3 is 15.0 Å². The van der Waals surface area contributed by atoms with Gasteiger partial charge in [-0.25, -0.2) is 0 Å². The van der Waals surface area contributed by atoms with E-state index < -0.39 is 0 Å². The lowest BCUT2D eigenvalue weighted by Gasteiger charge is -2.09. The summed E-state index contributed by atoms with van der Waals surface area (Å²) in [5.41, 5.74) is 2.36. The smallest absolute Gasteiger partial charge is 0.272 e. The number of carbonyl (C=O) groups is 1. The highest BCUT2D eigenvalue weighted by atomic mass is 16.5. The number of benzene rings is 1. The largest absolute Gasteiger partial charge is 0.489 e. The second-order valence-electron chi connectivity index (χ2n) is 5.04. The molecule has 6 nitrogen and oxygen atoms in total. The normalized spacial score (nSPS) is 9.96. The van der Waals surface area contributed by atoms with Crippen LogP contribution in [-0.2, 0) is 6.61 Å². The van der Waals surface area contributed by atoms with Crippen molar-refractivity contribution in [3.8, 4) is 11.8 Å².